The summed E-state index contributed by atoms with van der Waals surface area (Å²) in [6.45, 7) is 6.52. The molecule has 0 aromatic heterocycles. The van der Waals surface area contributed by atoms with Gasteiger partial charge in [0.05, 0.1) is 0 Å². The summed E-state index contributed by atoms with van der Waals surface area (Å²) in [6, 6.07) is 0.180. The number of hydrogen-bond donors (Lipinski definition) is 3. The summed E-state index contributed by atoms with van der Waals surface area (Å²) in [5.74, 6) is -0.260. The number of amides is 3. The van der Waals surface area contributed by atoms with E-state index in [0.717, 1.165) is 13.1 Å². The van der Waals surface area contributed by atoms with Crippen LogP contribution in [0.4, 0.5) is 0 Å². The molecule has 114 valence electrons. The molecule has 0 bridgehead atoms. The van der Waals surface area contributed by atoms with Crippen molar-refractivity contribution < 1.29 is 14.4 Å². The Balaban J connectivity index is 2.16. The van der Waals surface area contributed by atoms with Crippen LogP contribution in [-0.4, -0.2) is 61.4 Å². The largest absolute Gasteiger partial charge is 0.355 e. The SMILES string of the molecule is CC(=O)NCCNC(=O)CCC(=O)N1CCNC[C@@H]1C. The summed E-state index contributed by atoms with van der Waals surface area (Å²) in [6.07, 6.45) is 0.422. The molecule has 0 spiro atoms. The Morgan fingerprint density at radius 3 is 2.55 bits per heavy atom. The number of hydrogen-bond acceptors (Lipinski definition) is 4. The molecule has 1 fully saturated rings. The van der Waals surface area contributed by atoms with Crippen molar-refractivity contribution in [3.63, 3.8) is 0 Å². The molecule has 20 heavy (non-hydrogen) atoms. The monoisotopic (exact) mass is 284 g/mol. The molecule has 1 saturated heterocycles. The molecular formula is C13H24N4O3. The average molecular weight is 284 g/mol. The lowest BCUT2D eigenvalue weighted by Crippen LogP contribution is -2.52. The number of piperazine rings is 1. The van der Waals surface area contributed by atoms with Crippen LogP contribution in [0.2, 0.25) is 0 Å². The van der Waals surface area contributed by atoms with Gasteiger partial charge >= 0.3 is 0 Å². The minimum atomic E-state index is -0.161. The third kappa shape index (κ3) is 6.01. The molecule has 7 heteroatoms. The second-order valence-electron chi connectivity index (χ2n) is 4.97. The van der Waals surface area contributed by atoms with E-state index in [1.165, 1.54) is 6.92 Å². The Morgan fingerprint density at radius 2 is 1.90 bits per heavy atom. The fourth-order valence-corrected chi connectivity index (χ4v) is 2.10. The van der Waals surface area contributed by atoms with E-state index in [1.54, 1.807) is 0 Å². The van der Waals surface area contributed by atoms with E-state index in [4.69, 9.17) is 0 Å². The highest BCUT2D eigenvalue weighted by atomic mass is 16.2. The van der Waals surface area contributed by atoms with E-state index in [1.807, 2.05) is 11.8 Å². The highest BCUT2D eigenvalue weighted by Crippen LogP contribution is 2.06. The van der Waals surface area contributed by atoms with Gasteiger partial charge in [-0.05, 0) is 6.92 Å². The van der Waals surface area contributed by atoms with Crippen molar-refractivity contribution in [3.05, 3.63) is 0 Å². The average Bonchev–Trinajstić information content (AvgIpc) is 2.41. The minimum Gasteiger partial charge on any atom is -0.355 e. The van der Waals surface area contributed by atoms with Crippen LogP contribution < -0.4 is 16.0 Å². The van der Waals surface area contributed by atoms with Gasteiger partial charge in [-0.25, -0.2) is 0 Å². The number of rotatable bonds is 6. The van der Waals surface area contributed by atoms with Gasteiger partial charge in [-0.15, -0.1) is 0 Å². The van der Waals surface area contributed by atoms with E-state index in [9.17, 15) is 14.4 Å². The number of carbonyl (C=O) groups excluding carboxylic acids is 3. The first-order chi connectivity index (χ1) is 9.50. The second kappa shape index (κ2) is 8.52. The number of carbonyl (C=O) groups is 3. The molecule has 1 heterocycles. The van der Waals surface area contributed by atoms with Gasteiger partial charge in [-0.3, -0.25) is 14.4 Å². The molecule has 1 rings (SSSR count). The minimum absolute atomic E-state index is 0.0241. The zero-order chi connectivity index (χ0) is 15.0. The van der Waals surface area contributed by atoms with Crippen LogP contribution in [0.5, 0.6) is 0 Å². The summed E-state index contributed by atoms with van der Waals surface area (Å²) >= 11 is 0. The molecule has 0 saturated carbocycles. The maximum atomic E-state index is 12.0. The van der Waals surface area contributed by atoms with Gasteiger partial charge in [0.25, 0.3) is 0 Å². The van der Waals surface area contributed by atoms with Crippen molar-refractivity contribution in [3.8, 4) is 0 Å². The molecule has 0 aromatic carbocycles. The third-order valence-corrected chi connectivity index (χ3v) is 3.21. The van der Waals surface area contributed by atoms with E-state index in [0.29, 0.717) is 19.6 Å². The normalized spacial score (nSPS) is 18.5. The zero-order valence-electron chi connectivity index (χ0n) is 12.2. The predicted molar refractivity (Wildman–Crippen MR) is 75.0 cm³/mol. The number of nitrogens with one attached hydrogen (secondary N) is 3. The topological polar surface area (TPSA) is 90.5 Å². The molecule has 3 N–H and O–H groups in total. The maximum absolute atomic E-state index is 12.0. The second-order valence-corrected chi connectivity index (χ2v) is 4.97. The Labute approximate surface area is 119 Å². The van der Waals surface area contributed by atoms with Gasteiger partial charge in [0.1, 0.15) is 0 Å². The zero-order valence-corrected chi connectivity index (χ0v) is 12.2. The fourth-order valence-electron chi connectivity index (χ4n) is 2.10. The first-order valence-electron chi connectivity index (χ1n) is 7.02. The van der Waals surface area contributed by atoms with Crippen molar-refractivity contribution in [2.45, 2.75) is 32.7 Å². The third-order valence-electron chi connectivity index (χ3n) is 3.21. The summed E-state index contributed by atoms with van der Waals surface area (Å²) < 4.78 is 0. The molecular weight excluding hydrogens is 260 g/mol. The van der Waals surface area contributed by atoms with Crippen LogP contribution in [0.25, 0.3) is 0 Å². The van der Waals surface area contributed by atoms with E-state index in [2.05, 4.69) is 16.0 Å². The molecule has 1 aliphatic rings. The van der Waals surface area contributed by atoms with Crippen molar-refractivity contribution in [2.24, 2.45) is 0 Å². The number of nitrogens with zero attached hydrogens (tertiary/aromatic N) is 1. The standard InChI is InChI=1S/C13H24N4O3/c1-10-9-14-7-8-17(10)13(20)4-3-12(19)16-6-5-15-11(2)18/h10,14H,3-9H2,1-2H3,(H,15,18)(H,16,19)/t10-/m0/s1. The molecule has 1 aliphatic heterocycles. The van der Waals surface area contributed by atoms with E-state index < -0.39 is 0 Å². The van der Waals surface area contributed by atoms with E-state index >= 15 is 0 Å². The first-order valence-corrected chi connectivity index (χ1v) is 7.02. The predicted octanol–water partition coefficient (Wildman–Crippen LogP) is -1.16. The van der Waals surface area contributed by atoms with Crippen LogP contribution in [-0.2, 0) is 14.4 Å². The van der Waals surface area contributed by atoms with Crippen LogP contribution >= 0.6 is 0 Å². The molecule has 0 aliphatic carbocycles. The lowest BCUT2D eigenvalue weighted by atomic mass is 10.2. The summed E-state index contributed by atoms with van der Waals surface area (Å²) in [5.41, 5.74) is 0. The van der Waals surface area contributed by atoms with Crippen LogP contribution in [0.3, 0.4) is 0 Å². The molecule has 0 radical (unpaired) electrons. The summed E-state index contributed by atoms with van der Waals surface area (Å²) in [4.78, 5) is 36.0. The molecule has 0 aromatic rings. The van der Waals surface area contributed by atoms with Gasteiger partial charge in [0.2, 0.25) is 17.7 Å². The Hall–Kier alpha value is -1.63. The van der Waals surface area contributed by atoms with Crippen molar-refractivity contribution in [1.82, 2.24) is 20.9 Å². The first kappa shape index (κ1) is 16.4. The van der Waals surface area contributed by atoms with Gasteiger partial charge < -0.3 is 20.9 Å². The molecule has 1 atom stereocenters. The Kier molecular flexibility index (Phi) is 7.00. The van der Waals surface area contributed by atoms with Crippen molar-refractivity contribution >= 4 is 17.7 Å². The van der Waals surface area contributed by atoms with Crippen LogP contribution in [0.1, 0.15) is 26.7 Å². The Bertz CT molecular complexity index is 360. The van der Waals surface area contributed by atoms with Gasteiger partial charge in [0, 0.05) is 58.5 Å². The lowest BCUT2D eigenvalue weighted by Gasteiger charge is -2.34. The fraction of sp³-hybridized carbons (Fsp3) is 0.769. The molecule has 3 amide bonds. The van der Waals surface area contributed by atoms with Gasteiger partial charge in [-0.1, -0.05) is 0 Å². The van der Waals surface area contributed by atoms with Gasteiger partial charge in [0.15, 0.2) is 0 Å². The lowest BCUT2D eigenvalue weighted by molar-refractivity contribution is -0.136. The smallest absolute Gasteiger partial charge is 0.223 e. The van der Waals surface area contributed by atoms with Gasteiger partial charge in [-0.2, -0.15) is 0 Å². The summed E-state index contributed by atoms with van der Waals surface area (Å²) in [5, 5.41) is 8.48. The Morgan fingerprint density at radius 1 is 1.20 bits per heavy atom. The van der Waals surface area contributed by atoms with Crippen molar-refractivity contribution in [1.29, 1.82) is 0 Å². The van der Waals surface area contributed by atoms with Crippen LogP contribution in [0.15, 0.2) is 0 Å². The van der Waals surface area contributed by atoms with Crippen LogP contribution in [0, 0.1) is 0 Å². The molecule has 0 unspecified atom stereocenters. The maximum Gasteiger partial charge on any atom is 0.223 e. The summed E-state index contributed by atoms with van der Waals surface area (Å²) in [7, 11) is 0. The van der Waals surface area contributed by atoms with Crippen molar-refractivity contribution in [2.75, 3.05) is 32.7 Å². The molecule has 7 nitrogen and oxygen atoms in total. The quantitative estimate of drug-likeness (QED) is 0.537. The van der Waals surface area contributed by atoms with E-state index in [-0.39, 0.29) is 36.6 Å². The highest BCUT2D eigenvalue weighted by molar-refractivity contribution is 5.84. The highest BCUT2D eigenvalue weighted by Gasteiger charge is 2.22.